The van der Waals surface area contributed by atoms with Gasteiger partial charge in [-0.2, -0.15) is 0 Å². The summed E-state index contributed by atoms with van der Waals surface area (Å²) < 4.78 is 8.91. The molecule has 1 saturated heterocycles. The van der Waals surface area contributed by atoms with Gasteiger partial charge in [-0.15, -0.1) is 0 Å². The number of nitrogens with two attached hydrogens (primary N) is 1. The molecule has 5 nitrogen and oxygen atoms in total. The molecule has 0 radical (unpaired) electrons. The lowest BCUT2D eigenvalue weighted by Crippen LogP contribution is -2.42. The Morgan fingerprint density at radius 3 is 2.80 bits per heavy atom. The molecule has 56 valence electrons. The molecule has 2 N–H and O–H groups in total. The van der Waals surface area contributed by atoms with E-state index in [0.29, 0.717) is 0 Å². The Labute approximate surface area is 57.1 Å². The molecule has 0 spiro atoms. The van der Waals surface area contributed by atoms with E-state index in [-0.39, 0.29) is 13.2 Å². The maximum Gasteiger partial charge on any atom is 0.349 e. The fourth-order valence-electron chi connectivity index (χ4n) is 0.608. The van der Waals surface area contributed by atoms with Gasteiger partial charge in [0.2, 0.25) is 6.10 Å². The van der Waals surface area contributed by atoms with Crippen LogP contribution in [-0.4, -0.2) is 31.2 Å². The van der Waals surface area contributed by atoms with Crippen LogP contribution in [0.3, 0.4) is 0 Å². The van der Waals surface area contributed by atoms with E-state index >= 15 is 0 Å². The SMILES string of the molecule is NCC1OC(=O)COC1=O. The normalized spacial score (nSPS) is 25.5. The van der Waals surface area contributed by atoms with Crippen LogP contribution in [0.25, 0.3) is 0 Å². The quantitative estimate of drug-likeness (QED) is 0.450. The molecule has 1 heterocycles. The van der Waals surface area contributed by atoms with Gasteiger partial charge < -0.3 is 15.2 Å². The first-order valence-corrected chi connectivity index (χ1v) is 2.80. The number of carbonyl (C=O) groups excluding carboxylic acids is 2. The van der Waals surface area contributed by atoms with E-state index in [4.69, 9.17) is 5.73 Å². The summed E-state index contributed by atoms with van der Waals surface area (Å²) in [6.45, 7) is -0.320. The van der Waals surface area contributed by atoms with Gasteiger partial charge in [-0.25, -0.2) is 9.59 Å². The highest BCUT2D eigenvalue weighted by Gasteiger charge is 2.28. The fraction of sp³-hybridized carbons (Fsp3) is 0.600. The van der Waals surface area contributed by atoms with Gasteiger partial charge in [0.25, 0.3) is 0 Å². The van der Waals surface area contributed by atoms with Crippen molar-refractivity contribution in [3.05, 3.63) is 0 Å². The maximum absolute atomic E-state index is 10.6. The highest BCUT2D eigenvalue weighted by atomic mass is 16.6. The molecule has 0 saturated carbocycles. The van der Waals surface area contributed by atoms with Gasteiger partial charge in [-0.1, -0.05) is 0 Å². The predicted molar refractivity (Wildman–Crippen MR) is 29.9 cm³/mol. The summed E-state index contributed by atoms with van der Waals surface area (Å²) in [5.74, 6) is -1.11. The minimum absolute atomic E-state index is 0.0232. The Kier molecular flexibility index (Phi) is 1.86. The van der Waals surface area contributed by atoms with E-state index in [1.54, 1.807) is 0 Å². The molecule has 0 amide bonds. The van der Waals surface area contributed by atoms with Crippen molar-refractivity contribution >= 4 is 11.9 Å². The van der Waals surface area contributed by atoms with Crippen LogP contribution in [0.15, 0.2) is 0 Å². The molecule has 0 aromatic carbocycles. The molecule has 10 heavy (non-hydrogen) atoms. The average molecular weight is 145 g/mol. The van der Waals surface area contributed by atoms with Gasteiger partial charge >= 0.3 is 11.9 Å². The lowest BCUT2D eigenvalue weighted by atomic mass is 10.3. The number of esters is 2. The Balaban J connectivity index is 2.53. The summed E-state index contributed by atoms with van der Waals surface area (Å²) in [5.41, 5.74) is 5.08. The van der Waals surface area contributed by atoms with Crippen LogP contribution < -0.4 is 5.73 Å². The second kappa shape index (κ2) is 2.66. The molecule has 1 rings (SSSR count). The fourth-order valence-corrected chi connectivity index (χ4v) is 0.608. The third-order valence-electron chi connectivity index (χ3n) is 1.08. The van der Waals surface area contributed by atoms with E-state index in [9.17, 15) is 9.59 Å². The smallest absolute Gasteiger partial charge is 0.349 e. The second-order valence-corrected chi connectivity index (χ2v) is 1.82. The van der Waals surface area contributed by atoms with Crippen molar-refractivity contribution in [2.24, 2.45) is 5.73 Å². The van der Waals surface area contributed by atoms with Crippen molar-refractivity contribution in [1.29, 1.82) is 0 Å². The van der Waals surface area contributed by atoms with Gasteiger partial charge in [-0.3, -0.25) is 0 Å². The van der Waals surface area contributed by atoms with Crippen molar-refractivity contribution in [2.75, 3.05) is 13.2 Å². The van der Waals surface area contributed by atoms with Gasteiger partial charge in [0, 0.05) is 6.54 Å². The molecule has 1 aliphatic heterocycles. The van der Waals surface area contributed by atoms with Crippen LogP contribution in [0.5, 0.6) is 0 Å². The minimum atomic E-state index is -0.902. The standard InChI is InChI=1S/C5H7NO4/c6-1-3-5(8)9-2-4(7)10-3/h3H,1-2,6H2. The number of carbonyl (C=O) groups is 2. The Morgan fingerprint density at radius 2 is 2.30 bits per heavy atom. The van der Waals surface area contributed by atoms with Crippen LogP contribution in [0.1, 0.15) is 0 Å². The zero-order valence-electron chi connectivity index (χ0n) is 5.20. The average Bonchev–Trinajstić information content (AvgIpc) is 1.94. The first kappa shape index (κ1) is 7.01. The van der Waals surface area contributed by atoms with Crippen molar-refractivity contribution in [1.82, 2.24) is 0 Å². The van der Waals surface area contributed by atoms with Crippen molar-refractivity contribution in [3.8, 4) is 0 Å². The highest BCUT2D eigenvalue weighted by molar-refractivity contribution is 5.85. The first-order chi connectivity index (χ1) is 4.74. The monoisotopic (exact) mass is 145 g/mol. The lowest BCUT2D eigenvalue weighted by Gasteiger charge is -2.19. The number of ether oxygens (including phenoxy) is 2. The van der Waals surface area contributed by atoms with E-state index < -0.39 is 18.0 Å². The molecule has 0 aliphatic carbocycles. The summed E-state index contributed by atoms with van der Waals surface area (Å²) in [6, 6.07) is 0. The molecular weight excluding hydrogens is 138 g/mol. The van der Waals surface area contributed by atoms with E-state index in [2.05, 4.69) is 9.47 Å². The highest BCUT2D eigenvalue weighted by Crippen LogP contribution is 2.01. The van der Waals surface area contributed by atoms with Gasteiger partial charge in [0.1, 0.15) is 0 Å². The summed E-state index contributed by atoms with van der Waals surface area (Å²) in [6.07, 6.45) is -0.902. The third kappa shape index (κ3) is 1.24. The van der Waals surface area contributed by atoms with E-state index in [1.165, 1.54) is 0 Å². The summed E-state index contributed by atoms with van der Waals surface area (Å²) in [7, 11) is 0. The number of hydrogen-bond acceptors (Lipinski definition) is 5. The number of hydrogen-bond donors (Lipinski definition) is 1. The van der Waals surface area contributed by atoms with Crippen molar-refractivity contribution in [3.63, 3.8) is 0 Å². The molecule has 0 aromatic heterocycles. The summed E-state index contributed by atoms with van der Waals surface area (Å²) in [5, 5.41) is 0. The molecular formula is C5H7NO4. The summed E-state index contributed by atoms with van der Waals surface area (Å²) in [4.78, 5) is 21.0. The molecule has 1 atom stereocenters. The van der Waals surface area contributed by atoms with Crippen molar-refractivity contribution in [2.45, 2.75) is 6.10 Å². The van der Waals surface area contributed by atoms with Crippen LogP contribution in [0.4, 0.5) is 0 Å². The molecule has 1 unspecified atom stereocenters. The second-order valence-electron chi connectivity index (χ2n) is 1.82. The molecule has 0 aromatic rings. The lowest BCUT2D eigenvalue weighted by molar-refractivity contribution is -0.183. The van der Waals surface area contributed by atoms with Crippen LogP contribution in [0.2, 0.25) is 0 Å². The maximum atomic E-state index is 10.6. The molecule has 1 aliphatic rings. The van der Waals surface area contributed by atoms with Crippen LogP contribution in [0, 0.1) is 0 Å². The van der Waals surface area contributed by atoms with Gasteiger partial charge in [-0.05, 0) is 0 Å². The molecule has 5 heteroatoms. The number of cyclic esters (lactones) is 2. The van der Waals surface area contributed by atoms with Crippen LogP contribution >= 0.6 is 0 Å². The third-order valence-corrected chi connectivity index (χ3v) is 1.08. The largest absolute Gasteiger partial charge is 0.451 e. The molecule has 1 fully saturated rings. The Morgan fingerprint density at radius 1 is 1.60 bits per heavy atom. The topological polar surface area (TPSA) is 78.6 Å². The minimum Gasteiger partial charge on any atom is -0.451 e. The first-order valence-electron chi connectivity index (χ1n) is 2.80. The van der Waals surface area contributed by atoms with E-state index in [0.717, 1.165) is 0 Å². The predicted octanol–water partition coefficient (Wildman–Crippen LogP) is -1.59. The van der Waals surface area contributed by atoms with Gasteiger partial charge in [0.15, 0.2) is 6.61 Å². The Hall–Kier alpha value is -1.10. The van der Waals surface area contributed by atoms with Gasteiger partial charge in [0.05, 0.1) is 0 Å². The van der Waals surface area contributed by atoms with Crippen molar-refractivity contribution < 1.29 is 19.1 Å². The molecule has 0 bridgehead atoms. The zero-order chi connectivity index (χ0) is 7.56. The number of rotatable bonds is 1. The summed E-state index contributed by atoms with van der Waals surface area (Å²) >= 11 is 0. The van der Waals surface area contributed by atoms with Crippen LogP contribution in [-0.2, 0) is 19.1 Å². The Bertz CT molecular complexity index is 167. The zero-order valence-corrected chi connectivity index (χ0v) is 5.20. The van der Waals surface area contributed by atoms with E-state index in [1.807, 2.05) is 0 Å².